The predicted molar refractivity (Wildman–Crippen MR) is 57.0 cm³/mol. The minimum absolute atomic E-state index is 0.0632. The monoisotopic (exact) mass is 249 g/mol. The Hall–Kier alpha value is -1.43. The number of ether oxygens (including phenoxy) is 1. The van der Waals surface area contributed by atoms with E-state index in [0.29, 0.717) is 12.2 Å². The third kappa shape index (κ3) is 4.52. The lowest BCUT2D eigenvalue weighted by Gasteiger charge is -2.11. The van der Waals surface area contributed by atoms with Gasteiger partial charge in [0.05, 0.1) is 13.2 Å². The number of alkyl halides is 3. The van der Waals surface area contributed by atoms with Gasteiger partial charge in [0.1, 0.15) is 0 Å². The fourth-order valence-corrected chi connectivity index (χ4v) is 1.32. The second-order valence-corrected chi connectivity index (χ2v) is 3.42. The van der Waals surface area contributed by atoms with Crippen LogP contribution in [0.5, 0.6) is 11.5 Å². The summed E-state index contributed by atoms with van der Waals surface area (Å²) in [6.45, 7) is 0.985. The van der Waals surface area contributed by atoms with Gasteiger partial charge >= 0.3 is 6.18 Å². The smallest absolute Gasteiger partial charge is 0.401 e. The summed E-state index contributed by atoms with van der Waals surface area (Å²) in [5.41, 5.74) is 0.375. The molecule has 0 aliphatic rings. The average Bonchev–Trinajstić information content (AvgIpc) is 2.22. The van der Waals surface area contributed by atoms with E-state index in [9.17, 15) is 18.3 Å². The quantitative estimate of drug-likeness (QED) is 0.842. The van der Waals surface area contributed by atoms with Crippen molar-refractivity contribution in [2.75, 3.05) is 13.2 Å². The molecule has 0 unspecified atom stereocenters. The SMILES string of the molecule is CCOc1cccc(CNCC(F)(F)F)c1O. The van der Waals surface area contributed by atoms with Gasteiger partial charge in [-0.1, -0.05) is 12.1 Å². The van der Waals surface area contributed by atoms with E-state index in [2.05, 4.69) is 5.32 Å². The fraction of sp³-hybridized carbons (Fsp3) is 0.455. The standard InChI is InChI=1S/C11H14F3NO2/c1-2-17-9-5-3-4-8(10(9)16)6-15-7-11(12,13)14/h3-5,15-16H,2,6-7H2,1H3. The first-order valence-electron chi connectivity index (χ1n) is 5.15. The highest BCUT2D eigenvalue weighted by molar-refractivity contribution is 5.45. The molecule has 0 bridgehead atoms. The third-order valence-electron chi connectivity index (χ3n) is 2.02. The molecule has 0 aromatic heterocycles. The fourth-order valence-electron chi connectivity index (χ4n) is 1.32. The third-order valence-corrected chi connectivity index (χ3v) is 2.02. The molecular formula is C11H14F3NO2. The van der Waals surface area contributed by atoms with E-state index in [1.807, 2.05) is 0 Å². The van der Waals surface area contributed by atoms with Gasteiger partial charge in [-0.05, 0) is 13.0 Å². The molecule has 0 saturated carbocycles. The Morgan fingerprint density at radius 3 is 2.65 bits per heavy atom. The Bertz CT molecular complexity index is 366. The summed E-state index contributed by atoms with van der Waals surface area (Å²) in [7, 11) is 0. The Labute approximate surface area is 97.2 Å². The lowest BCUT2D eigenvalue weighted by atomic mass is 10.2. The number of phenolic OH excluding ortho intramolecular Hbond substituents is 1. The first-order valence-corrected chi connectivity index (χ1v) is 5.15. The van der Waals surface area contributed by atoms with Crippen LogP contribution in [-0.4, -0.2) is 24.4 Å². The van der Waals surface area contributed by atoms with Gasteiger partial charge in [-0.25, -0.2) is 0 Å². The molecule has 3 nitrogen and oxygen atoms in total. The maximum atomic E-state index is 11.9. The number of hydrogen-bond donors (Lipinski definition) is 2. The number of para-hydroxylation sites is 1. The Kier molecular flexibility index (Phi) is 4.62. The van der Waals surface area contributed by atoms with Gasteiger partial charge in [0, 0.05) is 12.1 Å². The predicted octanol–water partition coefficient (Wildman–Crippen LogP) is 2.44. The Morgan fingerprint density at radius 2 is 2.06 bits per heavy atom. The number of rotatable bonds is 5. The molecular weight excluding hydrogens is 235 g/mol. The van der Waals surface area contributed by atoms with Crippen molar-refractivity contribution in [2.45, 2.75) is 19.6 Å². The normalized spacial score (nSPS) is 11.5. The molecule has 1 rings (SSSR count). The highest BCUT2D eigenvalue weighted by Gasteiger charge is 2.26. The highest BCUT2D eigenvalue weighted by atomic mass is 19.4. The van der Waals surface area contributed by atoms with Gasteiger partial charge in [-0.2, -0.15) is 13.2 Å². The Balaban J connectivity index is 2.62. The van der Waals surface area contributed by atoms with E-state index in [4.69, 9.17) is 4.74 Å². The van der Waals surface area contributed by atoms with Crippen molar-refractivity contribution in [1.29, 1.82) is 0 Å². The van der Waals surface area contributed by atoms with E-state index in [-0.39, 0.29) is 18.0 Å². The number of nitrogens with one attached hydrogen (secondary N) is 1. The molecule has 1 aromatic rings. The first kappa shape index (κ1) is 13.6. The van der Waals surface area contributed by atoms with Crippen LogP contribution in [-0.2, 0) is 6.54 Å². The minimum Gasteiger partial charge on any atom is -0.504 e. The van der Waals surface area contributed by atoms with Crippen LogP contribution >= 0.6 is 0 Å². The zero-order chi connectivity index (χ0) is 12.9. The summed E-state index contributed by atoms with van der Waals surface area (Å²) < 4.78 is 40.9. The molecule has 0 aliphatic heterocycles. The summed E-state index contributed by atoms with van der Waals surface area (Å²) in [6.07, 6.45) is -4.26. The molecule has 0 amide bonds. The van der Waals surface area contributed by atoms with Gasteiger partial charge in [-0.15, -0.1) is 0 Å². The molecule has 2 N–H and O–H groups in total. The van der Waals surface area contributed by atoms with Crippen molar-refractivity contribution in [2.24, 2.45) is 0 Å². The molecule has 0 atom stereocenters. The Morgan fingerprint density at radius 1 is 1.35 bits per heavy atom. The van der Waals surface area contributed by atoms with Gasteiger partial charge in [0.15, 0.2) is 11.5 Å². The molecule has 0 spiro atoms. The van der Waals surface area contributed by atoms with Crippen molar-refractivity contribution in [1.82, 2.24) is 5.32 Å². The van der Waals surface area contributed by atoms with Gasteiger partial charge in [0.2, 0.25) is 0 Å². The molecule has 0 fully saturated rings. The maximum Gasteiger partial charge on any atom is 0.401 e. The number of aromatic hydroxyl groups is 1. The van der Waals surface area contributed by atoms with Crippen molar-refractivity contribution in [3.63, 3.8) is 0 Å². The number of phenols is 1. The van der Waals surface area contributed by atoms with Crippen LogP contribution in [0.15, 0.2) is 18.2 Å². The molecule has 0 aliphatic carbocycles. The zero-order valence-electron chi connectivity index (χ0n) is 9.34. The number of benzene rings is 1. The van der Waals surface area contributed by atoms with Crippen LogP contribution in [0.25, 0.3) is 0 Å². The summed E-state index contributed by atoms with van der Waals surface area (Å²) in [6, 6.07) is 4.72. The molecule has 0 saturated heterocycles. The lowest BCUT2D eigenvalue weighted by Crippen LogP contribution is -2.28. The van der Waals surface area contributed by atoms with E-state index in [1.165, 1.54) is 0 Å². The van der Waals surface area contributed by atoms with E-state index >= 15 is 0 Å². The van der Waals surface area contributed by atoms with Gasteiger partial charge in [-0.3, -0.25) is 0 Å². The molecule has 6 heteroatoms. The minimum atomic E-state index is -4.26. The highest BCUT2D eigenvalue weighted by Crippen LogP contribution is 2.29. The van der Waals surface area contributed by atoms with Crippen molar-refractivity contribution >= 4 is 0 Å². The van der Waals surface area contributed by atoms with Crippen LogP contribution in [0.4, 0.5) is 13.2 Å². The van der Waals surface area contributed by atoms with E-state index in [1.54, 1.807) is 25.1 Å². The van der Waals surface area contributed by atoms with Gasteiger partial charge in [0.25, 0.3) is 0 Å². The summed E-state index contributed by atoms with van der Waals surface area (Å²) in [5, 5.41) is 11.9. The average molecular weight is 249 g/mol. The van der Waals surface area contributed by atoms with Crippen LogP contribution < -0.4 is 10.1 Å². The van der Waals surface area contributed by atoms with Crippen molar-refractivity contribution < 1.29 is 23.0 Å². The van der Waals surface area contributed by atoms with E-state index in [0.717, 1.165) is 0 Å². The van der Waals surface area contributed by atoms with Crippen molar-refractivity contribution in [3.8, 4) is 11.5 Å². The second-order valence-electron chi connectivity index (χ2n) is 3.42. The topological polar surface area (TPSA) is 41.5 Å². The van der Waals surface area contributed by atoms with Crippen LogP contribution in [0.1, 0.15) is 12.5 Å². The van der Waals surface area contributed by atoms with Crippen LogP contribution in [0.2, 0.25) is 0 Å². The largest absolute Gasteiger partial charge is 0.504 e. The maximum absolute atomic E-state index is 11.9. The molecule has 17 heavy (non-hydrogen) atoms. The summed E-state index contributed by atoms with van der Waals surface area (Å²) in [4.78, 5) is 0. The zero-order valence-corrected chi connectivity index (χ0v) is 9.34. The number of halogens is 3. The molecule has 0 heterocycles. The molecule has 96 valence electrons. The summed E-state index contributed by atoms with van der Waals surface area (Å²) >= 11 is 0. The van der Waals surface area contributed by atoms with Crippen LogP contribution in [0, 0.1) is 0 Å². The summed E-state index contributed by atoms with van der Waals surface area (Å²) in [5.74, 6) is 0.155. The molecule has 1 aromatic carbocycles. The molecule has 0 radical (unpaired) electrons. The van der Waals surface area contributed by atoms with Crippen molar-refractivity contribution in [3.05, 3.63) is 23.8 Å². The number of hydrogen-bond acceptors (Lipinski definition) is 3. The first-order chi connectivity index (χ1) is 7.94. The van der Waals surface area contributed by atoms with Gasteiger partial charge < -0.3 is 15.2 Å². The van der Waals surface area contributed by atoms with E-state index < -0.39 is 12.7 Å². The second kappa shape index (κ2) is 5.77. The van der Waals surface area contributed by atoms with Crippen LogP contribution in [0.3, 0.4) is 0 Å². The lowest BCUT2D eigenvalue weighted by molar-refractivity contribution is -0.125.